The first-order valence-electron chi connectivity index (χ1n) is 6.95. The number of fused-ring (bicyclic) bond motifs is 1. The molecule has 8 heteroatoms. The van der Waals surface area contributed by atoms with Gasteiger partial charge in [0, 0.05) is 13.5 Å². The average molecular weight is 289 g/mol. The molecule has 0 radical (unpaired) electrons. The van der Waals surface area contributed by atoms with Crippen LogP contribution in [0.5, 0.6) is 0 Å². The zero-order chi connectivity index (χ0) is 14.4. The molecule has 1 atom stereocenters. The molecular formula is C13H15N5O3. The van der Waals surface area contributed by atoms with Gasteiger partial charge in [-0.1, -0.05) is 0 Å². The van der Waals surface area contributed by atoms with Crippen molar-refractivity contribution < 1.29 is 13.9 Å². The van der Waals surface area contributed by atoms with Gasteiger partial charge >= 0.3 is 6.09 Å². The summed E-state index contributed by atoms with van der Waals surface area (Å²) in [6.07, 6.45) is 2.91. The van der Waals surface area contributed by atoms with Crippen LogP contribution in [-0.2, 0) is 4.74 Å². The van der Waals surface area contributed by atoms with E-state index in [0.29, 0.717) is 30.2 Å². The molecular weight excluding hydrogens is 274 g/mol. The maximum atomic E-state index is 11.4. The number of alkyl carbamates (subject to hydrolysis) is 1. The van der Waals surface area contributed by atoms with Gasteiger partial charge in [0.15, 0.2) is 17.2 Å². The normalized spacial score (nSPS) is 25.4. The summed E-state index contributed by atoms with van der Waals surface area (Å²) >= 11 is 0. The van der Waals surface area contributed by atoms with Gasteiger partial charge in [-0.05, 0) is 12.8 Å². The number of ether oxygens (including phenoxy) is 1. The molecule has 2 aliphatic heterocycles. The van der Waals surface area contributed by atoms with Gasteiger partial charge in [-0.2, -0.15) is 4.98 Å². The largest absolute Gasteiger partial charge is 0.439 e. The monoisotopic (exact) mass is 289 g/mol. The number of hydrogen-bond donors (Lipinski definition) is 1. The van der Waals surface area contributed by atoms with E-state index in [-0.39, 0.29) is 6.09 Å². The molecule has 2 fully saturated rings. The molecule has 4 heterocycles. The summed E-state index contributed by atoms with van der Waals surface area (Å²) in [7, 11) is 0. The molecule has 1 spiro atoms. The van der Waals surface area contributed by atoms with Gasteiger partial charge in [-0.25, -0.2) is 14.8 Å². The number of nitrogens with one attached hydrogen (secondary N) is 1. The SMILES string of the molecule is Cc1nc2c(N3CCC[C@]4(CNC(=O)O4)C3)ncnc2o1. The van der Waals surface area contributed by atoms with E-state index >= 15 is 0 Å². The first kappa shape index (κ1) is 12.4. The van der Waals surface area contributed by atoms with Crippen LogP contribution in [0.1, 0.15) is 18.7 Å². The molecule has 2 aliphatic rings. The molecule has 2 aromatic heterocycles. The van der Waals surface area contributed by atoms with Gasteiger partial charge < -0.3 is 19.4 Å². The fourth-order valence-corrected chi connectivity index (χ4v) is 3.09. The molecule has 4 rings (SSSR count). The Balaban J connectivity index is 1.70. The summed E-state index contributed by atoms with van der Waals surface area (Å²) in [4.78, 5) is 26.3. The van der Waals surface area contributed by atoms with Crippen LogP contribution < -0.4 is 10.2 Å². The number of aryl methyl sites for hydroxylation is 1. The number of piperidine rings is 1. The van der Waals surface area contributed by atoms with Crippen molar-refractivity contribution in [1.29, 1.82) is 0 Å². The lowest BCUT2D eigenvalue weighted by Gasteiger charge is -2.38. The number of anilines is 1. The minimum absolute atomic E-state index is 0.345. The number of oxazole rings is 1. The molecule has 110 valence electrons. The fourth-order valence-electron chi connectivity index (χ4n) is 3.09. The smallest absolute Gasteiger partial charge is 0.407 e. The van der Waals surface area contributed by atoms with E-state index < -0.39 is 5.60 Å². The second-order valence-corrected chi connectivity index (χ2v) is 5.54. The third-order valence-corrected chi connectivity index (χ3v) is 3.99. The highest BCUT2D eigenvalue weighted by Gasteiger charge is 2.44. The quantitative estimate of drug-likeness (QED) is 0.837. The molecule has 2 saturated heterocycles. The summed E-state index contributed by atoms with van der Waals surface area (Å²) in [5, 5.41) is 2.74. The maximum absolute atomic E-state index is 11.4. The number of carbonyl (C=O) groups excluding carboxylic acids is 1. The molecule has 2 aromatic rings. The highest BCUT2D eigenvalue weighted by molar-refractivity contribution is 5.81. The summed E-state index contributed by atoms with van der Waals surface area (Å²) in [5.74, 6) is 1.30. The number of aromatic nitrogens is 3. The first-order valence-corrected chi connectivity index (χ1v) is 6.95. The third kappa shape index (κ3) is 1.98. The van der Waals surface area contributed by atoms with Crippen molar-refractivity contribution in [2.24, 2.45) is 0 Å². The van der Waals surface area contributed by atoms with Crippen LogP contribution in [-0.4, -0.2) is 46.3 Å². The Hall–Kier alpha value is -2.38. The Morgan fingerprint density at radius 1 is 1.43 bits per heavy atom. The van der Waals surface area contributed by atoms with Gasteiger partial charge in [0.25, 0.3) is 5.71 Å². The molecule has 0 saturated carbocycles. The van der Waals surface area contributed by atoms with Gasteiger partial charge in [0.05, 0.1) is 13.1 Å². The van der Waals surface area contributed by atoms with Crippen LogP contribution in [0.15, 0.2) is 10.7 Å². The van der Waals surface area contributed by atoms with Crippen molar-refractivity contribution in [3.8, 4) is 0 Å². The highest BCUT2D eigenvalue weighted by atomic mass is 16.6. The van der Waals surface area contributed by atoms with Crippen molar-refractivity contribution in [3.63, 3.8) is 0 Å². The van der Waals surface area contributed by atoms with E-state index in [1.54, 1.807) is 6.92 Å². The molecule has 8 nitrogen and oxygen atoms in total. The van der Waals surface area contributed by atoms with E-state index in [0.717, 1.165) is 25.2 Å². The molecule has 0 bridgehead atoms. The summed E-state index contributed by atoms with van der Waals surface area (Å²) < 4.78 is 10.9. The van der Waals surface area contributed by atoms with E-state index in [1.807, 2.05) is 0 Å². The first-order chi connectivity index (χ1) is 10.2. The molecule has 0 aromatic carbocycles. The number of hydrogen-bond acceptors (Lipinski definition) is 7. The van der Waals surface area contributed by atoms with Gasteiger partial charge in [-0.3, -0.25) is 0 Å². The molecule has 1 N–H and O–H groups in total. The fraction of sp³-hybridized carbons (Fsp3) is 0.538. The van der Waals surface area contributed by atoms with Crippen molar-refractivity contribution in [1.82, 2.24) is 20.3 Å². The Labute approximate surface area is 120 Å². The maximum Gasteiger partial charge on any atom is 0.407 e. The third-order valence-electron chi connectivity index (χ3n) is 3.99. The number of carbonyl (C=O) groups is 1. The highest BCUT2D eigenvalue weighted by Crippen LogP contribution is 2.32. The standard InChI is InChI=1S/C13H15N5O3/c1-8-17-9-10(15-7-16-11(9)20-8)18-4-2-3-13(6-18)5-14-12(19)21-13/h7H,2-6H2,1H3,(H,14,19)/t13-/m0/s1. The predicted molar refractivity (Wildman–Crippen MR) is 73.0 cm³/mol. The lowest BCUT2D eigenvalue weighted by atomic mass is 9.93. The average Bonchev–Trinajstić information content (AvgIpc) is 3.01. The number of nitrogens with zero attached hydrogens (tertiary/aromatic N) is 4. The summed E-state index contributed by atoms with van der Waals surface area (Å²) in [6, 6.07) is 0. The Morgan fingerprint density at radius 3 is 3.14 bits per heavy atom. The topological polar surface area (TPSA) is 93.4 Å². The van der Waals surface area contributed by atoms with Crippen LogP contribution in [0, 0.1) is 6.92 Å². The van der Waals surface area contributed by atoms with Gasteiger partial charge in [0.2, 0.25) is 0 Å². The van der Waals surface area contributed by atoms with E-state index in [1.165, 1.54) is 6.33 Å². The molecule has 0 unspecified atom stereocenters. The summed E-state index contributed by atoms with van der Waals surface area (Å²) in [6.45, 7) is 3.77. The van der Waals surface area contributed by atoms with Gasteiger partial charge in [-0.15, -0.1) is 0 Å². The van der Waals surface area contributed by atoms with Crippen molar-refractivity contribution in [2.45, 2.75) is 25.4 Å². The Morgan fingerprint density at radius 2 is 2.33 bits per heavy atom. The molecule has 1 amide bonds. The van der Waals surface area contributed by atoms with Crippen LogP contribution in [0.4, 0.5) is 10.6 Å². The number of amides is 1. The second-order valence-electron chi connectivity index (χ2n) is 5.54. The number of rotatable bonds is 1. The lowest BCUT2D eigenvalue weighted by molar-refractivity contribution is 0.0446. The van der Waals surface area contributed by atoms with Crippen molar-refractivity contribution in [3.05, 3.63) is 12.2 Å². The van der Waals surface area contributed by atoms with Crippen molar-refractivity contribution >= 4 is 23.1 Å². The Kier molecular flexibility index (Phi) is 2.54. The molecule has 0 aliphatic carbocycles. The minimum atomic E-state index is -0.467. The van der Waals surface area contributed by atoms with E-state index in [4.69, 9.17) is 9.15 Å². The van der Waals surface area contributed by atoms with Crippen LogP contribution in [0.3, 0.4) is 0 Å². The second kappa shape index (κ2) is 4.31. The van der Waals surface area contributed by atoms with Crippen molar-refractivity contribution in [2.75, 3.05) is 24.5 Å². The van der Waals surface area contributed by atoms with Gasteiger partial charge in [0.1, 0.15) is 11.9 Å². The van der Waals surface area contributed by atoms with Crippen LogP contribution in [0.2, 0.25) is 0 Å². The predicted octanol–water partition coefficient (Wildman–Crippen LogP) is 1.01. The lowest BCUT2D eigenvalue weighted by Crippen LogP contribution is -2.50. The van der Waals surface area contributed by atoms with E-state index in [2.05, 4.69) is 25.2 Å². The van der Waals surface area contributed by atoms with Crippen LogP contribution >= 0.6 is 0 Å². The Bertz CT molecular complexity index is 715. The van der Waals surface area contributed by atoms with E-state index in [9.17, 15) is 4.79 Å². The summed E-state index contributed by atoms with van der Waals surface area (Å²) in [5.41, 5.74) is 0.675. The minimum Gasteiger partial charge on any atom is -0.439 e. The zero-order valence-electron chi connectivity index (χ0n) is 11.6. The molecule has 21 heavy (non-hydrogen) atoms. The van der Waals surface area contributed by atoms with Crippen LogP contribution in [0.25, 0.3) is 11.2 Å². The zero-order valence-corrected chi connectivity index (χ0v) is 11.6.